The molecule has 1 aliphatic heterocycles. The molecule has 29 heavy (non-hydrogen) atoms. The summed E-state index contributed by atoms with van der Waals surface area (Å²) in [6.07, 6.45) is 0.756. The van der Waals surface area contributed by atoms with Crippen molar-refractivity contribution in [1.82, 2.24) is 24.7 Å². The maximum absolute atomic E-state index is 13.2. The lowest BCUT2D eigenvalue weighted by atomic mass is 9.91. The lowest BCUT2D eigenvalue weighted by Crippen LogP contribution is -2.39. The summed E-state index contributed by atoms with van der Waals surface area (Å²) < 4.78 is 56.8. The van der Waals surface area contributed by atoms with Gasteiger partial charge in [-0.15, -0.1) is 5.10 Å². The topological polar surface area (TPSA) is 96.2 Å². The number of methoxy groups -OCH3 is 1. The highest BCUT2D eigenvalue weighted by molar-refractivity contribution is 5.36. The number of alkyl halides is 3. The van der Waals surface area contributed by atoms with E-state index in [9.17, 15) is 13.2 Å². The van der Waals surface area contributed by atoms with E-state index in [1.807, 2.05) is 0 Å². The van der Waals surface area contributed by atoms with E-state index >= 15 is 0 Å². The van der Waals surface area contributed by atoms with Gasteiger partial charge in [-0.05, 0) is 25.7 Å². The van der Waals surface area contributed by atoms with Crippen molar-refractivity contribution >= 4 is 5.95 Å². The molecule has 1 N–H and O–H groups in total. The second kappa shape index (κ2) is 8.01. The highest BCUT2D eigenvalue weighted by Gasteiger charge is 2.38. The number of rotatable bonds is 6. The summed E-state index contributed by atoms with van der Waals surface area (Å²) in [5.41, 5.74) is -0.994. The van der Waals surface area contributed by atoms with Crippen LogP contribution in [0.5, 0.6) is 11.9 Å². The van der Waals surface area contributed by atoms with Crippen molar-refractivity contribution in [3.05, 3.63) is 18.1 Å². The number of nitrogens with zero attached hydrogens (tertiary/aromatic N) is 5. The Balaban J connectivity index is 1.47. The predicted octanol–water partition coefficient (Wildman–Crippen LogP) is 2.47. The minimum Gasteiger partial charge on any atom is -0.469 e. The van der Waals surface area contributed by atoms with E-state index in [1.165, 1.54) is 7.11 Å². The van der Waals surface area contributed by atoms with E-state index in [0.29, 0.717) is 12.4 Å². The average Bonchev–Trinajstić information content (AvgIpc) is 3.13. The molecule has 4 rings (SSSR count). The van der Waals surface area contributed by atoms with Gasteiger partial charge in [-0.2, -0.15) is 23.1 Å². The Hall–Kier alpha value is -2.63. The summed E-state index contributed by atoms with van der Waals surface area (Å²) in [5.74, 6) is -0.369. The Labute approximate surface area is 164 Å². The molecule has 0 spiro atoms. The molecule has 0 amide bonds. The third kappa shape index (κ3) is 4.52. The molecule has 158 valence electrons. The summed E-state index contributed by atoms with van der Waals surface area (Å²) in [6, 6.07) is 0.392. The van der Waals surface area contributed by atoms with E-state index in [4.69, 9.17) is 14.2 Å². The molecule has 2 fully saturated rings. The van der Waals surface area contributed by atoms with Crippen LogP contribution >= 0.6 is 0 Å². The Kier molecular flexibility index (Phi) is 5.43. The summed E-state index contributed by atoms with van der Waals surface area (Å²) in [7, 11) is 1.50. The van der Waals surface area contributed by atoms with Gasteiger partial charge in [0.05, 0.1) is 26.4 Å². The molecule has 1 saturated heterocycles. The van der Waals surface area contributed by atoms with Gasteiger partial charge in [-0.25, -0.2) is 9.67 Å². The van der Waals surface area contributed by atoms with Gasteiger partial charge in [0.2, 0.25) is 11.8 Å². The van der Waals surface area contributed by atoms with Crippen molar-refractivity contribution in [3.8, 4) is 11.9 Å². The van der Waals surface area contributed by atoms with Crippen LogP contribution in [0.15, 0.2) is 12.5 Å². The van der Waals surface area contributed by atoms with Crippen LogP contribution in [0.1, 0.15) is 37.3 Å². The van der Waals surface area contributed by atoms with E-state index in [0.717, 1.165) is 25.5 Å². The quantitative estimate of drug-likeness (QED) is 0.770. The van der Waals surface area contributed by atoms with Crippen LogP contribution in [0.2, 0.25) is 0 Å². The van der Waals surface area contributed by atoms with E-state index in [2.05, 4.69) is 25.4 Å². The number of halogens is 3. The molecule has 3 heterocycles. The molecular formula is C17H21F3N6O3. The zero-order valence-electron chi connectivity index (χ0n) is 15.7. The minimum atomic E-state index is -4.60. The number of aromatic nitrogens is 5. The van der Waals surface area contributed by atoms with Crippen LogP contribution in [0.25, 0.3) is 0 Å². The predicted molar refractivity (Wildman–Crippen MR) is 93.8 cm³/mol. The fourth-order valence-electron chi connectivity index (χ4n) is 3.41. The first-order valence-corrected chi connectivity index (χ1v) is 9.32. The average molecular weight is 414 g/mol. The fraction of sp³-hybridized carbons (Fsp3) is 0.647. The van der Waals surface area contributed by atoms with Crippen LogP contribution in [-0.4, -0.2) is 57.2 Å². The van der Waals surface area contributed by atoms with Gasteiger partial charge in [0.15, 0.2) is 0 Å². The Morgan fingerprint density at radius 3 is 2.72 bits per heavy atom. The normalized spacial score (nSPS) is 22.8. The van der Waals surface area contributed by atoms with E-state index in [1.54, 1.807) is 11.0 Å². The van der Waals surface area contributed by atoms with Crippen molar-refractivity contribution in [2.75, 3.05) is 25.6 Å². The lowest BCUT2D eigenvalue weighted by Gasteiger charge is -2.30. The monoisotopic (exact) mass is 414 g/mol. The van der Waals surface area contributed by atoms with Crippen molar-refractivity contribution in [3.63, 3.8) is 0 Å². The molecule has 2 aromatic rings. The summed E-state index contributed by atoms with van der Waals surface area (Å²) in [4.78, 5) is 11.9. The Morgan fingerprint density at radius 1 is 1.24 bits per heavy atom. The summed E-state index contributed by atoms with van der Waals surface area (Å²) in [6.45, 7) is 0.492. The number of nitrogens with one attached hydrogen (secondary N) is 1. The Bertz CT molecular complexity index is 842. The molecule has 1 saturated carbocycles. The maximum atomic E-state index is 13.2. The molecule has 0 unspecified atom stereocenters. The first kappa shape index (κ1) is 19.7. The second-order valence-electron chi connectivity index (χ2n) is 7.06. The lowest BCUT2D eigenvalue weighted by molar-refractivity contribution is -0.142. The maximum Gasteiger partial charge on any atom is 0.423 e. The molecule has 9 nitrogen and oxygen atoms in total. The number of hydrogen-bond donors (Lipinski definition) is 1. The van der Waals surface area contributed by atoms with Crippen molar-refractivity contribution in [2.45, 2.75) is 50.0 Å². The molecule has 1 aliphatic carbocycles. The number of ether oxygens (including phenoxy) is 3. The summed E-state index contributed by atoms with van der Waals surface area (Å²) >= 11 is 0. The van der Waals surface area contributed by atoms with Crippen LogP contribution in [-0.2, 0) is 10.9 Å². The van der Waals surface area contributed by atoms with Crippen molar-refractivity contribution in [1.29, 1.82) is 0 Å². The zero-order valence-corrected chi connectivity index (χ0v) is 15.7. The van der Waals surface area contributed by atoms with Gasteiger partial charge in [0.1, 0.15) is 18.0 Å². The molecule has 0 radical (unpaired) electrons. The van der Waals surface area contributed by atoms with Crippen LogP contribution in [0.4, 0.5) is 19.1 Å². The SMILES string of the molecule is COc1ncn([C@H]2CCC[C@@H](Nc3ncc(C(F)(F)F)c(OC4COC4)n3)C2)n1. The fourth-order valence-corrected chi connectivity index (χ4v) is 3.41. The van der Waals surface area contributed by atoms with Crippen LogP contribution < -0.4 is 14.8 Å². The Morgan fingerprint density at radius 2 is 2.07 bits per heavy atom. The molecule has 2 atom stereocenters. The van der Waals surface area contributed by atoms with Crippen molar-refractivity contribution < 1.29 is 27.4 Å². The highest BCUT2D eigenvalue weighted by Crippen LogP contribution is 2.36. The van der Waals surface area contributed by atoms with Gasteiger partial charge >= 0.3 is 12.2 Å². The third-order valence-electron chi connectivity index (χ3n) is 4.97. The van der Waals surface area contributed by atoms with E-state index < -0.39 is 23.7 Å². The number of hydrogen-bond acceptors (Lipinski definition) is 8. The van der Waals surface area contributed by atoms with Gasteiger partial charge < -0.3 is 19.5 Å². The minimum absolute atomic E-state index is 0.0134. The molecule has 2 aromatic heterocycles. The van der Waals surface area contributed by atoms with Crippen LogP contribution in [0, 0.1) is 0 Å². The van der Waals surface area contributed by atoms with Crippen LogP contribution in [0.3, 0.4) is 0 Å². The van der Waals surface area contributed by atoms with Gasteiger partial charge in [0.25, 0.3) is 0 Å². The first-order valence-electron chi connectivity index (χ1n) is 9.32. The standard InChI is InChI=1S/C17H21F3N6O3/c1-27-16-22-9-26(25-16)11-4-2-3-10(5-11)23-15-21-6-13(17(18,19)20)14(24-15)29-12-7-28-8-12/h6,9-12H,2-5,7-8H2,1H3,(H,21,23,24)/t10-,11+/m1/s1. The summed E-state index contributed by atoms with van der Waals surface area (Å²) in [5, 5.41) is 7.40. The number of anilines is 1. The van der Waals surface area contributed by atoms with E-state index in [-0.39, 0.29) is 31.2 Å². The van der Waals surface area contributed by atoms with Gasteiger partial charge in [0, 0.05) is 12.2 Å². The molecular weight excluding hydrogens is 393 g/mol. The highest BCUT2D eigenvalue weighted by atomic mass is 19.4. The molecule has 0 bridgehead atoms. The zero-order chi connectivity index (χ0) is 20.4. The largest absolute Gasteiger partial charge is 0.469 e. The first-order chi connectivity index (χ1) is 13.9. The van der Waals surface area contributed by atoms with Gasteiger partial charge in [-0.1, -0.05) is 0 Å². The second-order valence-corrected chi connectivity index (χ2v) is 7.06. The van der Waals surface area contributed by atoms with Crippen molar-refractivity contribution in [2.24, 2.45) is 0 Å². The van der Waals surface area contributed by atoms with Gasteiger partial charge in [-0.3, -0.25) is 0 Å². The smallest absolute Gasteiger partial charge is 0.423 e. The third-order valence-corrected chi connectivity index (χ3v) is 4.97. The molecule has 12 heteroatoms. The molecule has 0 aromatic carbocycles. The molecule has 2 aliphatic rings.